The number of imidazole rings is 1. The van der Waals surface area contributed by atoms with Crippen molar-refractivity contribution >= 4 is 11.8 Å². The Kier molecular flexibility index (Phi) is 1.72. The van der Waals surface area contributed by atoms with Crippen LogP contribution >= 0.6 is 0 Å². The Morgan fingerprint density at radius 1 is 1.69 bits per heavy atom. The number of nitrogens with zero attached hydrogens (tertiary/aromatic N) is 2. The minimum absolute atomic E-state index is 0.136. The SMILES string of the molecule is Cc1nc(C(=O)O)c2n1CCCN2. The second-order valence-electron chi connectivity index (χ2n) is 3.09. The van der Waals surface area contributed by atoms with E-state index in [1.807, 2.05) is 11.5 Å². The fourth-order valence-electron chi connectivity index (χ4n) is 1.61. The topological polar surface area (TPSA) is 67.1 Å². The van der Waals surface area contributed by atoms with E-state index in [-0.39, 0.29) is 5.69 Å². The molecule has 0 saturated heterocycles. The van der Waals surface area contributed by atoms with Gasteiger partial charge in [-0.2, -0.15) is 0 Å². The molecule has 70 valence electrons. The van der Waals surface area contributed by atoms with Crippen LogP contribution in [-0.2, 0) is 6.54 Å². The summed E-state index contributed by atoms with van der Waals surface area (Å²) in [6.45, 7) is 3.50. The van der Waals surface area contributed by atoms with Gasteiger partial charge in [0.2, 0.25) is 0 Å². The summed E-state index contributed by atoms with van der Waals surface area (Å²) in [6, 6.07) is 0. The van der Waals surface area contributed by atoms with Crippen LogP contribution in [0.15, 0.2) is 0 Å². The quantitative estimate of drug-likeness (QED) is 0.669. The van der Waals surface area contributed by atoms with E-state index in [2.05, 4.69) is 10.3 Å². The average Bonchev–Trinajstić information content (AvgIpc) is 2.45. The number of aromatic carboxylic acids is 1. The summed E-state index contributed by atoms with van der Waals surface area (Å²) in [5.74, 6) is 0.446. The van der Waals surface area contributed by atoms with Crippen molar-refractivity contribution in [3.63, 3.8) is 0 Å². The van der Waals surface area contributed by atoms with Gasteiger partial charge in [-0.3, -0.25) is 0 Å². The summed E-state index contributed by atoms with van der Waals surface area (Å²) in [4.78, 5) is 14.8. The molecule has 0 bridgehead atoms. The van der Waals surface area contributed by atoms with Crippen molar-refractivity contribution in [3.05, 3.63) is 11.5 Å². The first-order chi connectivity index (χ1) is 6.20. The van der Waals surface area contributed by atoms with Crippen LogP contribution in [0.2, 0.25) is 0 Å². The zero-order chi connectivity index (χ0) is 9.42. The van der Waals surface area contributed by atoms with Crippen LogP contribution in [0.1, 0.15) is 22.7 Å². The van der Waals surface area contributed by atoms with Crippen LogP contribution in [0.3, 0.4) is 0 Å². The standard InChI is InChI=1S/C8H11N3O2/c1-5-10-6(8(12)13)7-9-3-2-4-11(5)7/h9H,2-4H2,1H3,(H,12,13). The van der Waals surface area contributed by atoms with E-state index in [1.54, 1.807) is 0 Å². The van der Waals surface area contributed by atoms with E-state index in [1.165, 1.54) is 0 Å². The Morgan fingerprint density at radius 2 is 2.46 bits per heavy atom. The van der Waals surface area contributed by atoms with Crippen LogP contribution in [0, 0.1) is 6.92 Å². The summed E-state index contributed by atoms with van der Waals surface area (Å²) in [5.41, 5.74) is 0.136. The lowest BCUT2D eigenvalue weighted by Gasteiger charge is -2.17. The molecular weight excluding hydrogens is 170 g/mol. The van der Waals surface area contributed by atoms with Crippen molar-refractivity contribution in [3.8, 4) is 0 Å². The van der Waals surface area contributed by atoms with Gasteiger partial charge in [-0.25, -0.2) is 9.78 Å². The second kappa shape index (κ2) is 2.76. The van der Waals surface area contributed by atoms with Gasteiger partial charge in [0.25, 0.3) is 0 Å². The van der Waals surface area contributed by atoms with Gasteiger partial charge in [0.1, 0.15) is 11.6 Å². The molecule has 0 atom stereocenters. The summed E-state index contributed by atoms with van der Waals surface area (Å²) in [6.07, 6.45) is 1.02. The number of rotatable bonds is 1. The predicted molar refractivity (Wildman–Crippen MR) is 47.0 cm³/mol. The third-order valence-corrected chi connectivity index (χ3v) is 2.21. The largest absolute Gasteiger partial charge is 0.476 e. The number of hydrogen-bond donors (Lipinski definition) is 2. The lowest BCUT2D eigenvalue weighted by molar-refractivity contribution is 0.0692. The molecule has 5 heteroatoms. The molecule has 2 heterocycles. The molecule has 0 spiro atoms. The molecule has 2 rings (SSSR count). The van der Waals surface area contributed by atoms with Gasteiger partial charge in [-0.1, -0.05) is 0 Å². The third kappa shape index (κ3) is 1.16. The molecular formula is C8H11N3O2. The van der Waals surface area contributed by atoms with Crippen molar-refractivity contribution < 1.29 is 9.90 Å². The number of nitrogens with one attached hydrogen (secondary N) is 1. The normalized spacial score (nSPS) is 14.8. The highest BCUT2D eigenvalue weighted by atomic mass is 16.4. The maximum Gasteiger partial charge on any atom is 0.358 e. The van der Waals surface area contributed by atoms with Crippen molar-refractivity contribution in [2.24, 2.45) is 0 Å². The van der Waals surface area contributed by atoms with Gasteiger partial charge < -0.3 is 15.0 Å². The molecule has 0 saturated carbocycles. The highest BCUT2D eigenvalue weighted by Crippen LogP contribution is 2.21. The Labute approximate surface area is 75.4 Å². The van der Waals surface area contributed by atoms with Crippen molar-refractivity contribution in [2.45, 2.75) is 19.9 Å². The Balaban J connectivity index is 2.53. The fourth-order valence-corrected chi connectivity index (χ4v) is 1.61. The molecule has 1 aromatic heterocycles. The number of carboxylic acids is 1. The summed E-state index contributed by atoms with van der Waals surface area (Å²) in [5, 5.41) is 11.9. The summed E-state index contributed by atoms with van der Waals surface area (Å²) < 4.78 is 1.91. The lowest BCUT2D eigenvalue weighted by Crippen LogP contribution is -2.19. The Hall–Kier alpha value is -1.52. The zero-order valence-corrected chi connectivity index (χ0v) is 7.37. The van der Waals surface area contributed by atoms with Crippen molar-refractivity contribution in [2.75, 3.05) is 11.9 Å². The fraction of sp³-hybridized carbons (Fsp3) is 0.500. The second-order valence-corrected chi connectivity index (χ2v) is 3.09. The first kappa shape index (κ1) is 8.10. The van der Waals surface area contributed by atoms with Crippen LogP contribution in [-0.4, -0.2) is 27.2 Å². The minimum atomic E-state index is -0.966. The van der Waals surface area contributed by atoms with Gasteiger partial charge >= 0.3 is 5.97 Å². The molecule has 2 N–H and O–H groups in total. The molecule has 0 fully saturated rings. The molecule has 0 aromatic carbocycles. The maximum atomic E-state index is 10.8. The van der Waals surface area contributed by atoms with E-state index in [0.717, 1.165) is 25.3 Å². The van der Waals surface area contributed by atoms with E-state index in [9.17, 15) is 4.79 Å². The minimum Gasteiger partial charge on any atom is -0.476 e. The zero-order valence-electron chi connectivity index (χ0n) is 7.37. The van der Waals surface area contributed by atoms with Gasteiger partial charge in [-0.05, 0) is 13.3 Å². The van der Waals surface area contributed by atoms with Gasteiger partial charge in [0.15, 0.2) is 5.69 Å². The van der Waals surface area contributed by atoms with E-state index in [0.29, 0.717) is 5.82 Å². The number of fused-ring (bicyclic) bond motifs is 1. The van der Waals surface area contributed by atoms with Crippen LogP contribution in [0.5, 0.6) is 0 Å². The Morgan fingerprint density at radius 3 is 3.15 bits per heavy atom. The van der Waals surface area contributed by atoms with Crippen molar-refractivity contribution in [1.29, 1.82) is 0 Å². The molecule has 0 aliphatic carbocycles. The van der Waals surface area contributed by atoms with Crippen LogP contribution in [0.4, 0.5) is 5.82 Å². The lowest BCUT2D eigenvalue weighted by atomic mass is 10.3. The molecule has 0 unspecified atom stereocenters. The molecule has 1 aromatic rings. The summed E-state index contributed by atoms with van der Waals surface area (Å²) in [7, 11) is 0. The third-order valence-electron chi connectivity index (χ3n) is 2.21. The monoisotopic (exact) mass is 181 g/mol. The van der Waals surface area contributed by atoms with E-state index in [4.69, 9.17) is 5.11 Å². The highest BCUT2D eigenvalue weighted by molar-refractivity contribution is 5.91. The molecule has 5 nitrogen and oxygen atoms in total. The number of aryl methyl sites for hydroxylation is 1. The van der Waals surface area contributed by atoms with E-state index >= 15 is 0 Å². The number of aromatic nitrogens is 2. The van der Waals surface area contributed by atoms with Gasteiger partial charge in [0.05, 0.1) is 0 Å². The smallest absolute Gasteiger partial charge is 0.358 e. The molecule has 13 heavy (non-hydrogen) atoms. The highest BCUT2D eigenvalue weighted by Gasteiger charge is 2.21. The molecule has 0 amide bonds. The van der Waals surface area contributed by atoms with E-state index < -0.39 is 5.97 Å². The number of anilines is 1. The van der Waals surface area contributed by atoms with Gasteiger partial charge in [0, 0.05) is 13.1 Å². The predicted octanol–water partition coefficient (Wildman–Crippen LogP) is 0.705. The first-order valence-corrected chi connectivity index (χ1v) is 4.24. The van der Waals surface area contributed by atoms with Crippen LogP contribution < -0.4 is 5.32 Å². The first-order valence-electron chi connectivity index (χ1n) is 4.24. The molecule has 1 aliphatic rings. The number of carbonyl (C=O) groups is 1. The van der Waals surface area contributed by atoms with Crippen molar-refractivity contribution in [1.82, 2.24) is 9.55 Å². The summed E-state index contributed by atoms with van der Waals surface area (Å²) >= 11 is 0. The average molecular weight is 181 g/mol. The molecule has 0 radical (unpaired) electrons. The van der Waals surface area contributed by atoms with Gasteiger partial charge in [-0.15, -0.1) is 0 Å². The number of carboxylic acid groups (broad SMARTS) is 1. The Bertz CT molecular complexity index is 357. The maximum absolute atomic E-state index is 10.8. The molecule has 1 aliphatic heterocycles. The number of hydrogen-bond acceptors (Lipinski definition) is 3. The van der Waals surface area contributed by atoms with Crippen LogP contribution in [0.25, 0.3) is 0 Å².